The maximum atomic E-state index is 11.4. The lowest BCUT2D eigenvalue weighted by Crippen LogP contribution is -2.43. The largest absolute Gasteiger partial charge is 0.743 e. The third kappa shape index (κ3) is 33.4. The topological polar surface area (TPSA) is 57.2 Å². The van der Waals surface area contributed by atoms with Gasteiger partial charge in [-0.1, -0.05) is 194 Å². The van der Waals surface area contributed by atoms with Gasteiger partial charge in [0, 0.05) is 0 Å². The first-order chi connectivity index (χ1) is 23.6. The minimum Gasteiger partial charge on any atom is -0.743 e. The second kappa shape index (κ2) is 33.1. The van der Waals surface area contributed by atoms with E-state index in [-0.39, 0.29) is 0 Å². The molecule has 0 atom stereocenters. The molecule has 0 aromatic rings. The van der Waals surface area contributed by atoms with Crippen molar-refractivity contribution in [1.29, 1.82) is 0 Å². The highest BCUT2D eigenvalue weighted by molar-refractivity contribution is 7.86. The van der Waals surface area contributed by atoms with Gasteiger partial charge in [-0.25, -0.2) is 8.42 Å². The Morgan fingerprint density at radius 2 is 0.580 bits per heavy atom. The fourth-order valence-electron chi connectivity index (χ4n) is 6.43. The van der Waals surface area contributed by atoms with E-state index in [0.29, 0.717) is 0 Å². The van der Waals surface area contributed by atoms with Gasteiger partial charge in [-0.15, -0.1) is 0 Å². The molecule has 0 heterocycles. The van der Waals surface area contributed by atoms with Crippen molar-refractivity contribution >= 4 is 10.1 Å². The van der Waals surface area contributed by atoms with E-state index in [1.807, 2.05) is 0 Å². The third-order valence-corrected chi connectivity index (χ3v) is 10.7. The first kappa shape index (κ1) is 51.6. The summed E-state index contributed by atoms with van der Waals surface area (Å²) in [5.74, 6) is 0. The lowest BCUT2D eigenvalue weighted by atomic mass is 10.0. The molecule has 0 saturated carbocycles. The van der Waals surface area contributed by atoms with Gasteiger partial charge in [0.05, 0.1) is 27.2 Å². The van der Waals surface area contributed by atoms with Crippen LogP contribution in [0.25, 0.3) is 0 Å². The molecule has 0 rings (SSSR count). The predicted molar refractivity (Wildman–Crippen MR) is 202 cm³/mol. The molecule has 0 saturated heterocycles. The molecule has 304 valence electrons. The van der Waals surface area contributed by atoms with Crippen molar-refractivity contribution in [3.8, 4) is 0 Å². The minimum atomic E-state index is -6.67. The van der Waals surface area contributed by atoms with Crippen molar-refractivity contribution < 1.29 is 39.4 Å². The molecular weight excluding hydrogens is 670 g/mol. The molecule has 0 amide bonds. The summed E-state index contributed by atoms with van der Waals surface area (Å²) in [5, 5.41) is -6.21. The highest BCUT2D eigenvalue weighted by Gasteiger charge is 2.63. The molecule has 0 fully saturated rings. The smallest absolute Gasteiger partial charge is 0.468 e. The average molecular weight is 750 g/mol. The molecule has 4 nitrogen and oxygen atoms in total. The van der Waals surface area contributed by atoms with Gasteiger partial charge in [0.25, 0.3) is 0 Å². The monoisotopic (exact) mass is 750 g/mol. The summed E-state index contributed by atoms with van der Waals surface area (Å²) in [6.45, 7) is 7.39. The predicted octanol–water partition coefficient (Wildman–Crippen LogP) is 14.3. The standard InChI is InChI=1S/C38H80N.C2HF5O3S/c1-5-7-9-11-13-15-17-19-21-23-25-27-29-31-33-35-37-39(3,4)38-36-34-32-30-28-26-24-22-20-18-16-14-12-10-8-6-2;3-1(4,5)2(6,7)11(8,9)10/h5-38H2,1-4H3;(H,8,9,10)/q+1;/p-1. The van der Waals surface area contributed by atoms with Gasteiger partial charge in [0.1, 0.15) is 0 Å². The van der Waals surface area contributed by atoms with Gasteiger partial charge in [0.2, 0.25) is 0 Å². The van der Waals surface area contributed by atoms with Crippen molar-refractivity contribution in [2.75, 3.05) is 27.2 Å². The summed E-state index contributed by atoms with van der Waals surface area (Å²) in [5.41, 5.74) is 0. The van der Waals surface area contributed by atoms with Crippen LogP contribution in [0, 0.1) is 0 Å². The van der Waals surface area contributed by atoms with E-state index >= 15 is 0 Å². The van der Waals surface area contributed by atoms with Gasteiger partial charge in [0.15, 0.2) is 10.1 Å². The zero-order valence-corrected chi connectivity index (χ0v) is 33.8. The summed E-state index contributed by atoms with van der Waals surface area (Å²) < 4.78 is 84.9. The van der Waals surface area contributed by atoms with Crippen LogP contribution in [0.15, 0.2) is 0 Å². The highest BCUT2D eigenvalue weighted by Crippen LogP contribution is 2.38. The van der Waals surface area contributed by atoms with Crippen molar-refractivity contribution in [3.05, 3.63) is 0 Å². The second-order valence-electron chi connectivity index (χ2n) is 15.5. The Morgan fingerprint density at radius 1 is 0.400 bits per heavy atom. The molecule has 0 N–H and O–H groups in total. The average Bonchev–Trinajstić information content (AvgIpc) is 3.03. The molecule has 0 spiro atoms. The van der Waals surface area contributed by atoms with Crippen molar-refractivity contribution in [1.82, 2.24) is 0 Å². The Balaban J connectivity index is 0. The number of alkyl halides is 5. The number of halogens is 5. The lowest BCUT2D eigenvalue weighted by molar-refractivity contribution is -0.890. The van der Waals surface area contributed by atoms with Gasteiger partial charge in [-0.2, -0.15) is 22.0 Å². The van der Waals surface area contributed by atoms with Crippen molar-refractivity contribution in [3.63, 3.8) is 0 Å². The zero-order valence-electron chi connectivity index (χ0n) is 33.0. The summed E-state index contributed by atoms with van der Waals surface area (Å²) >= 11 is 0. The van der Waals surface area contributed by atoms with Crippen LogP contribution in [0.2, 0.25) is 0 Å². The van der Waals surface area contributed by atoms with Gasteiger partial charge >= 0.3 is 11.4 Å². The van der Waals surface area contributed by atoms with Crippen LogP contribution in [0.4, 0.5) is 22.0 Å². The first-order valence-corrected chi connectivity index (χ1v) is 22.2. The number of unbranched alkanes of at least 4 members (excludes halogenated alkanes) is 30. The van der Waals surface area contributed by atoms with Crippen LogP contribution >= 0.6 is 0 Å². The van der Waals surface area contributed by atoms with Gasteiger partial charge in [-0.05, 0) is 25.7 Å². The molecule has 0 unspecified atom stereocenters. The molecule has 10 heteroatoms. The van der Waals surface area contributed by atoms with Crippen LogP contribution in [-0.4, -0.2) is 56.1 Å². The van der Waals surface area contributed by atoms with Crippen LogP contribution in [0.5, 0.6) is 0 Å². The third-order valence-electron chi connectivity index (χ3n) is 9.88. The zero-order chi connectivity index (χ0) is 38.0. The van der Waals surface area contributed by atoms with Crippen molar-refractivity contribution in [2.45, 2.75) is 231 Å². The van der Waals surface area contributed by atoms with E-state index in [1.165, 1.54) is 223 Å². The van der Waals surface area contributed by atoms with Gasteiger partial charge in [-0.3, -0.25) is 0 Å². The molecular formula is C40H80F5NO3S. The fraction of sp³-hybridized carbons (Fsp3) is 1.00. The van der Waals surface area contributed by atoms with E-state index in [4.69, 9.17) is 0 Å². The summed E-state index contributed by atoms with van der Waals surface area (Å²) in [4.78, 5) is 0. The number of rotatable bonds is 35. The Morgan fingerprint density at radius 3 is 0.720 bits per heavy atom. The van der Waals surface area contributed by atoms with E-state index in [2.05, 4.69) is 27.9 Å². The van der Waals surface area contributed by atoms with Gasteiger partial charge < -0.3 is 9.04 Å². The van der Waals surface area contributed by atoms with Crippen LogP contribution in [0.1, 0.15) is 219 Å². The number of hydrogen-bond donors (Lipinski definition) is 0. The number of nitrogens with zero attached hydrogens (tertiary/aromatic N) is 1. The molecule has 0 aromatic carbocycles. The second-order valence-corrected chi connectivity index (χ2v) is 16.9. The van der Waals surface area contributed by atoms with E-state index in [1.54, 1.807) is 0 Å². The molecule has 50 heavy (non-hydrogen) atoms. The molecule has 0 aliphatic carbocycles. The molecule has 0 aliphatic rings. The molecule has 0 aliphatic heterocycles. The quantitative estimate of drug-likeness (QED) is 0.0281. The Kier molecular flexibility index (Phi) is 34.2. The fourth-order valence-corrected chi connectivity index (χ4v) is 6.71. The van der Waals surface area contributed by atoms with E-state index in [9.17, 15) is 34.9 Å². The summed E-state index contributed by atoms with van der Waals surface area (Å²) in [6.07, 6.45) is 40.6. The minimum absolute atomic E-state index is 1.25. The molecule has 0 radical (unpaired) electrons. The van der Waals surface area contributed by atoms with Crippen LogP contribution in [0.3, 0.4) is 0 Å². The first-order valence-electron chi connectivity index (χ1n) is 20.8. The number of hydrogen-bond acceptors (Lipinski definition) is 3. The summed E-state index contributed by atoms with van der Waals surface area (Å²) in [6, 6.07) is 0. The molecule has 0 aromatic heterocycles. The maximum absolute atomic E-state index is 11.4. The SMILES string of the molecule is CCCCCCCCCCCCCCCCCC[N+](C)(C)CCCCCCCCCCCCCCCCCC.O=S(=O)([O-])C(F)(F)C(F)(F)F. The van der Waals surface area contributed by atoms with Crippen molar-refractivity contribution in [2.24, 2.45) is 0 Å². The Labute approximate surface area is 306 Å². The summed E-state index contributed by atoms with van der Waals surface area (Å²) in [7, 11) is -1.73. The maximum Gasteiger partial charge on any atom is 0.468 e. The lowest BCUT2D eigenvalue weighted by Gasteiger charge is -2.30. The van der Waals surface area contributed by atoms with Crippen LogP contribution in [-0.2, 0) is 10.1 Å². The Bertz CT molecular complexity index is 784. The Hall–Kier alpha value is -0.480. The van der Waals surface area contributed by atoms with E-state index < -0.39 is 21.5 Å². The van der Waals surface area contributed by atoms with E-state index in [0.717, 1.165) is 0 Å². The molecule has 0 bridgehead atoms. The normalized spacial score (nSPS) is 12.7. The number of quaternary nitrogens is 1. The highest BCUT2D eigenvalue weighted by atomic mass is 32.2. The van der Waals surface area contributed by atoms with Crippen LogP contribution < -0.4 is 0 Å².